The summed E-state index contributed by atoms with van der Waals surface area (Å²) in [5.41, 5.74) is 0.461. The lowest BCUT2D eigenvalue weighted by atomic mass is 10.3. The van der Waals surface area contributed by atoms with Crippen molar-refractivity contribution in [1.29, 1.82) is 0 Å². The third kappa shape index (κ3) is 3.30. The summed E-state index contributed by atoms with van der Waals surface area (Å²) in [4.78, 5) is 24.8. The van der Waals surface area contributed by atoms with Gasteiger partial charge in [-0.05, 0) is 12.5 Å². The predicted octanol–water partition coefficient (Wildman–Crippen LogP) is 0.445. The average molecular weight is 239 g/mol. The van der Waals surface area contributed by atoms with E-state index in [1.54, 1.807) is 19.3 Å². The van der Waals surface area contributed by atoms with E-state index in [1.165, 1.54) is 16.7 Å². The van der Waals surface area contributed by atoms with Gasteiger partial charge in [-0.3, -0.25) is 14.3 Å². The Hall–Kier alpha value is -1.85. The van der Waals surface area contributed by atoms with Crippen molar-refractivity contribution in [3.8, 4) is 0 Å². The normalized spacial score (nSPS) is 10.1. The highest BCUT2D eigenvalue weighted by molar-refractivity contribution is 5.94. The van der Waals surface area contributed by atoms with Gasteiger partial charge in [-0.2, -0.15) is 5.10 Å². The highest BCUT2D eigenvalue weighted by atomic mass is 16.5. The van der Waals surface area contributed by atoms with E-state index in [1.807, 2.05) is 6.92 Å². The van der Waals surface area contributed by atoms with Crippen molar-refractivity contribution in [3.63, 3.8) is 0 Å². The van der Waals surface area contributed by atoms with Gasteiger partial charge in [0.05, 0.1) is 7.11 Å². The molecule has 0 radical (unpaired) electrons. The molecule has 1 rings (SSSR count). The van der Waals surface area contributed by atoms with E-state index in [9.17, 15) is 9.59 Å². The summed E-state index contributed by atoms with van der Waals surface area (Å²) >= 11 is 0. The third-order valence-corrected chi connectivity index (χ3v) is 2.37. The largest absolute Gasteiger partial charge is 0.468 e. The van der Waals surface area contributed by atoms with E-state index < -0.39 is 5.97 Å². The van der Waals surface area contributed by atoms with Crippen LogP contribution in [0.4, 0.5) is 0 Å². The van der Waals surface area contributed by atoms with Gasteiger partial charge in [0.2, 0.25) is 0 Å². The molecule has 0 atom stereocenters. The first-order valence-electron chi connectivity index (χ1n) is 5.44. The molecule has 0 unspecified atom stereocenters. The molecule has 0 spiro atoms. The van der Waals surface area contributed by atoms with Gasteiger partial charge in [-0.15, -0.1) is 0 Å². The van der Waals surface area contributed by atoms with Gasteiger partial charge in [0, 0.05) is 19.8 Å². The number of aromatic nitrogens is 2. The van der Waals surface area contributed by atoms with Gasteiger partial charge < -0.3 is 9.64 Å². The molecule has 94 valence electrons. The minimum absolute atomic E-state index is 0.0334. The van der Waals surface area contributed by atoms with Crippen LogP contribution >= 0.6 is 0 Å². The number of methoxy groups -OCH3 is 1. The number of hydrogen-bond donors (Lipinski definition) is 0. The second kappa shape index (κ2) is 6.03. The fraction of sp³-hybridized carbons (Fsp3) is 0.545. The molecule has 1 heterocycles. The number of rotatable bonds is 5. The van der Waals surface area contributed by atoms with Crippen LogP contribution < -0.4 is 0 Å². The smallest absolute Gasteiger partial charge is 0.325 e. The molecule has 0 aromatic carbocycles. The maximum absolute atomic E-state index is 12.1. The Balaban J connectivity index is 2.80. The van der Waals surface area contributed by atoms with E-state index >= 15 is 0 Å². The zero-order chi connectivity index (χ0) is 12.8. The van der Waals surface area contributed by atoms with Gasteiger partial charge >= 0.3 is 5.97 Å². The Morgan fingerprint density at radius 3 is 2.71 bits per heavy atom. The summed E-state index contributed by atoms with van der Waals surface area (Å²) in [6.07, 6.45) is 2.33. The van der Waals surface area contributed by atoms with Crippen molar-refractivity contribution in [2.45, 2.75) is 13.3 Å². The number of carbonyl (C=O) groups is 2. The Morgan fingerprint density at radius 1 is 1.53 bits per heavy atom. The second-order valence-electron chi connectivity index (χ2n) is 3.64. The van der Waals surface area contributed by atoms with E-state index in [0.717, 1.165) is 6.42 Å². The Morgan fingerprint density at radius 2 is 2.24 bits per heavy atom. The third-order valence-electron chi connectivity index (χ3n) is 2.37. The van der Waals surface area contributed by atoms with Crippen LogP contribution in [0.15, 0.2) is 12.3 Å². The molecule has 1 amide bonds. The number of amides is 1. The topological polar surface area (TPSA) is 64.4 Å². The van der Waals surface area contributed by atoms with Gasteiger partial charge in [0.25, 0.3) is 5.91 Å². The van der Waals surface area contributed by atoms with E-state index in [0.29, 0.717) is 12.2 Å². The second-order valence-corrected chi connectivity index (χ2v) is 3.64. The molecule has 17 heavy (non-hydrogen) atoms. The first kappa shape index (κ1) is 13.2. The van der Waals surface area contributed by atoms with Crippen molar-refractivity contribution >= 4 is 11.9 Å². The molecule has 6 nitrogen and oxygen atoms in total. The minimum Gasteiger partial charge on any atom is -0.468 e. The van der Waals surface area contributed by atoms with E-state index in [-0.39, 0.29) is 12.5 Å². The molecule has 0 bridgehead atoms. The van der Waals surface area contributed by atoms with Crippen molar-refractivity contribution in [2.24, 2.45) is 7.05 Å². The first-order chi connectivity index (χ1) is 8.10. The summed E-state index contributed by atoms with van der Waals surface area (Å²) in [5, 5.41) is 3.93. The molecule has 0 aliphatic rings. The summed E-state index contributed by atoms with van der Waals surface area (Å²) in [6.45, 7) is 2.42. The molecule has 0 saturated heterocycles. The molecule has 0 saturated carbocycles. The Labute approximate surface area is 100 Å². The number of ether oxygens (including phenoxy) is 1. The Kier molecular flexibility index (Phi) is 4.68. The van der Waals surface area contributed by atoms with Gasteiger partial charge in [-0.1, -0.05) is 6.92 Å². The van der Waals surface area contributed by atoms with Crippen LogP contribution in [0.5, 0.6) is 0 Å². The Bertz CT molecular complexity index is 400. The summed E-state index contributed by atoms with van der Waals surface area (Å²) < 4.78 is 6.06. The maximum Gasteiger partial charge on any atom is 0.325 e. The molecular formula is C11H17N3O3. The SMILES string of the molecule is CCCN(CC(=O)OC)C(=O)c1ccnn1C. The van der Waals surface area contributed by atoms with Crippen LogP contribution in [-0.4, -0.2) is 46.8 Å². The highest BCUT2D eigenvalue weighted by Crippen LogP contribution is 2.04. The van der Waals surface area contributed by atoms with Crippen molar-refractivity contribution < 1.29 is 14.3 Å². The zero-order valence-corrected chi connectivity index (χ0v) is 10.3. The number of nitrogens with zero attached hydrogens (tertiary/aromatic N) is 3. The first-order valence-corrected chi connectivity index (χ1v) is 5.44. The van der Waals surface area contributed by atoms with Crippen molar-refractivity contribution in [3.05, 3.63) is 18.0 Å². The molecule has 6 heteroatoms. The molecule has 0 N–H and O–H groups in total. The maximum atomic E-state index is 12.1. The van der Waals surface area contributed by atoms with Gasteiger partial charge in [0.1, 0.15) is 12.2 Å². The molecular weight excluding hydrogens is 222 g/mol. The zero-order valence-electron chi connectivity index (χ0n) is 10.3. The lowest BCUT2D eigenvalue weighted by Crippen LogP contribution is -2.37. The van der Waals surface area contributed by atoms with Crippen LogP contribution in [0.3, 0.4) is 0 Å². The molecule has 0 fully saturated rings. The number of hydrogen-bond acceptors (Lipinski definition) is 4. The fourth-order valence-electron chi connectivity index (χ4n) is 1.49. The van der Waals surface area contributed by atoms with Crippen LogP contribution in [0.1, 0.15) is 23.8 Å². The van der Waals surface area contributed by atoms with Crippen molar-refractivity contribution in [2.75, 3.05) is 20.2 Å². The van der Waals surface area contributed by atoms with Crippen LogP contribution in [0.2, 0.25) is 0 Å². The molecule has 0 aliphatic carbocycles. The number of aryl methyl sites for hydroxylation is 1. The number of esters is 1. The van der Waals surface area contributed by atoms with Crippen LogP contribution in [0.25, 0.3) is 0 Å². The van der Waals surface area contributed by atoms with Crippen molar-refractivity contribution in [1.82, 2.24) is 14.7 Å². The van der Waals surface area contributed by atoms with Gasteiger partial charge in [0.15, 0.2) is 0 Å². The highest BCUT2D eigenvalue weighted by Gasteiger charge is 2.20. The van der Waals surface area contributed by atoms with E-state index in [2.05, 4.69) is 9.84 Å². The number of carbonyl (C=O) groups excluding carboxylic acids is 2. The predicted molar refractivity (Wildman–Crippen MR) is 61.4 cm³/mol. The summed E-state index contributed by atoms with van der Waals surface area (Å²) in [7, 11) is 3.00. The average Bonchev–Trinajstić information content (AvgIpc) is 2.73. The van der Waals surface area contributed by atoms with Crippen LogP contribution in [0, 0.1) is 0 Å². The standard InChI is InChI=1S/C11H17N3O3/c1-4-7-14(8-10(15)17-3)11(16)9-5-6-12-13(9)2/h5-6H,4,7-8H2,1-3H3. The molecule has 0 aliphatic heterocycles. The minimum atomic E-state index is -0.422. The van der Waals surface area contributed by atoms with E-state index in [4.69, 9.17) is 0 Å². The quantitative estimate of drug-likeness (QED) is 0.700. The fourth-order valence-corrected chi connectivity index (χ4v) is 1.49. The monoisotopic (exact) mass is 239 g/mol. The summed E-state index contributed by atoms with van der Waals surface area (Å²) in [5.74, 6) is -0.633. The lowest BCUT2D eigenvalue weighted by Gasteiger charge is -2.20. The van der Waals surface area contributed by atoms with Gasteiger partial charge in [-0.25, -0.2) is 0 Å². The molecule has 1 aromatic heterocycles. The summed E-state index contributed by atoms with van der Waals surface area (Å²) in [6, 6.07) is 1.63. The van der Waals surface area contributed by atoms with Crippen LogP contribution in [-0.2, 0) is 16.6 Å². The molecule has 1 aromatic rings. The lowest BCUT2D eigenvalue weighted by molar-refractivity contribution is -0.141.